The molecule has 0 spiro atoms. The highest BCUT2D eigenvalue weighted by molar-refractivity contribution is 7.12. The highest BCUT2D eigenvalue weighted by Crippen LogP contribution is 2.33. The summed E-state index contributed by atoms with van der Waals surface area (Å²) >= 11 is 1.37. The molecule has 2 aromatic carbocycles. The number of amides is 2. The summed E-state index contributed by atoms with van der Waals surface area (Å²) in [4.78, 5) is 25.5. The van der Waals surface area contributed by atoms with Crippen LogP contribution < -0.4 is 20.1 Å². The number of carbonyl (C=O) groups is 2. The van der Waals surface area contributed by atoms with Gasteiger partial charge in [-0.15, -0.1) is 11.3 Å². The Balaban J connectivity index is 1.44. The summed E-state index contributed by atoms with van der Waals surface area (Å²) in [5.74, 6) is 0.659. The second kappa shape index (κ2) is 7.74. The van der Waals surface area contributed by atoms with Crippen molar-refractivity contribution in [2.24, 2.45) is 0 Å². The molecule has 7 heteroatoms. The first-order valence-corrected chi connectivity index (χ1v) is 9.66. The summed E-state index contributed by atoms with van der Waals surface area (Å²) in [6, 6.07) is 17.8. The van der Waals surface area contributed by atoms with Crippen molar-refractivity contribution in [1.29, 1.82) is 0 Å². The first-order valence-electron chi connectivity index (χ1n) is 8.78. The Kier molecular flexibility index (Phi) is 4.99. The molecule has 0 fully saturated rings. The van der Waals surface area contributed by atoms with Gasteiger partial charge in [-0.3, -0.25) is 9.59 Å². The molecular formula is C21H18N2O4S. The molecule has 142 valence electrons. The lowest BCUT2D eigenvalue weighted by Crippen LogP contribution is -2.46. The summed E-state index contributed by atoms with van der Waals surface area (Å²) in [5, 5.41) is 7.50. The van der Waals surface area contributed by atoms with Crippen molar-refractivity contribution in [2.45, 2.75) is 19.1 Å². The maximum atomic E-state index is 12.7. The number of rotatable bonds is 4. The fraction of sp³-hybridized carbons (Fsp3) is 0.143. The number of carbonyl (C=O) groups excluding carboxylic acids is 2. The zero-order chi connectivity index (χ0) is 19.5. The number of ether oxygens (including phenoxy) is 2. The van der Waals surface area contributed by atoms with Gasteiger partial charge < -0.3 is 20.1 Å². The van der Waals surface area contributed by atoms with Crippen LogP contribution in [0.3, 0.4) is 0 Å². The van der Waals surface area contributed by atoms with E-state index >= 15 is 0 Å². The van der Waals surface area contributed by atoms with E-state index in [4.69, 9.17) is 9.47 Å². The predicted octanol–water partition coefficient (Wildman–Crippen LogP) is 4.17. The monoisotopic (exact) mass is 394 g/mol. The third-order valence-corrected chi connectivity index (χ3v) is 5.10. The van der Waals surface area contributed by atoms with E-state index in [9.17, 15) is 9.59 Å². The lowest BCUT2D eigenvalue weighted by atomic mass is 10.1. The first kappa shape index (κ1) is 18.1. The average molecular weight is 394 g/mol. The lowest BCUT2D eigenvalue weighted by Gasteiger charge is -2.31. The van der Waals surface area contributed by atoms with Crippen molar-refractivity contribution in [1.82, 2.24) is 0 Å². The lowest BCUT2D eigenvalue weighted by molar-refractivity contribution is -0.128. The van der Waals surface area contributed by atoms with Crippen LogP contribution in [0, 0.1) is 0 Å². The molecule has 4 rings (SSSR count). The molecule has 28 heavy (non-hydrogen) atoms. The summed E-state index contributed by atoms with van der Waals surface area (Å²) < 4.78 is 11.6. The van der Waals surface area contributed by atoms with Crippen LogP contribution in [0.15, 0.2) is 66.0 Å². The van der Waals surface area contributed by atoms with E-state index in [1.54, 1.807) is 49.4 Å². The number of hydrogen-bond acceptors (Lipinski definition) is 5. The number of para-hydroxylation sites is 2. The predicted molar refractivity (Wildman–Crippen MR) is 108 cm³/mol. The molecule has 6 nitrogen and oxygen atoms in total. The van der Waals surface area contributed by atoms with E-state index in [0.717, 1.165) is 0 Å². The second-order valence-electron chi connectivity index (χ2n) is 6.31. The average Bonchev–Trinajstić information content (AvgIpc) is 3.22. The molecule has 0 aliphatic carbocycles. The molecule has 1 aromatic heterocycles. The second-order valence-corrected chi connectivity index (χ2v) is 7.26. The van der Waals surface area contributed by atoms with Gasteiger partial charge in [0.15, 0.2) is 11.5 Å². The van der Waals surface area contributed by atoms with Crippen LogP contribution in [-0.4, -0.2) is 24.0 Å². The van der Waals surface area contributed by atoms with Crippen LogP contribution in [0.4, 0.5) is 11.4 Å². The number of thiophene rings is 1. The number of anilines is 2. The maximum Gasteiger partial charge on any atom is 0.269 e. The third-order valence-electron chi connectivity index (χ3n) is 4.23. The molecule has 0 bridgehead atoms. The van der Waals surface area contributed by atoms with Crippen LogP contribution in [0.25, 0.3) is 0 Å². The minimum absolute atomic E-state index is 0.187. The summed E-state index contributed by atoms with van der Waals surface area (Å²) in [6.45, 7) is 1.79. The zero-order valence-corrected chi connectivity index (χ0v) is 15.9. The zero-order valence-electron chi connectivity index (χ0n) is 15.0. The van der Waals surface area contributed by atoms with Crippen LogP contribution in [0.2, 0.25) is 0 Å². The Morgan fingerprint density at radius 3 is 2.32 bits per heavy atom. The topological polar surface area (TPSA) is 76.7 Å². The van der Waals surface area contributed by atoms with Crippen LogP contribution in [0.5, 0.6) is 11.5 Å². The molecule has 1 aliphatic rings. The standard InChI is InChI=1S/C21H18N2O4S/c1-13-19(27-17-9-3-2-8-16(17)26-13)21(25)23-15-7-4-6-14(12-15)22-20(24)18-10-5-11-28-18/h2-13,19H,1H3,(H,22,24)(H,23,25). The third kappa shape index (κ3) is 3.84. The minimum atomic E-state index is -0.778. The highest BCUT2D eigenvalue weighted by atomic mass is 32.1. The number of hydrogen-bond donors (Lipinski definition) is 2. The van der Waals surface area contributed by atoms with E-state index in [1.807, 2.05) is 23.6 Å². The molecule has 2 amide bonds. The molecule has 2 heterocycles. The summed E-state index contributed by atoms with van der Waals surface area (Å²) in [5.41, 5.74) is 1.15. The van der Waals surface area contributed by atoms with Crippen LogP contribution in [0.1, 0.15) is 16.6 Å². The van der Waals surface area contributed by atoms with Gasteiger partial charge in [0.1, 0.15) is 6.10 Å². The van der Waals surface area contributed by atoms with E-state index in [2.05, 4.69) is 10.6 Å². The molecule has 2 N–H and O–H groups in total. The molecule has 2 atom stereocenters. The van der Waals surface area contributed by atoms with Crippen molar-refractivity contribution in [3.8, 4) is 11.5 Å². The molecule has 0 saturated carbocycles. The van der Waals surface area contributed by atoms with E-state index in [0.29, 0.717) is 27.8 Å². The van der Waals surface area contributed by atoms with E-state index < -0.39 is 12.2 Å². The van der Waals surface area contributed by atoms with E-state index in [-0.39, 0.29) is 11.8 Å². The van der Waals surface area contributed by atoms with Gasteiger partial charge in [-0.2, -0.15) is 0 Å². The molecular weight excluding hydrogens is 376 g/mol. The molecule has 0 radical (unpaired) electrons. The maximum absolute atomic E-state index is 12.7. The quantitative estimate of drug-likeness (QED) is 0.696. The normalized spacial score (nSPS) is 17.6. The Bertz CT molecular complexity index is 1000. The highest BCUT2D eigenvalue weighted by Gasteiger charge is 2.34. The van der Waals surface area contributed by atoms with E-state index in [1.165, 1.54) is 11.3 Å². The van der Waals surface area contributed by atoms with Crippen LogP contribution in [-0.2, 0) is 4.79 Å². The number of benzene rings is 2. The number of fused-ring (bicyclic) bond motifs is 1. The van der Waals surface area contributed by atoms with Gasteiger partial charge in [-0.05, 0) is 48.7 Å². The molecule has 1 aliphatic heterocycles. The van der Waals surface area contributed by atoms with Crippen LogP contribution >= 0.6 is 11.3 Å². The van der Waals surface area contributed by atoms with Crippen molar-refractivity contribution in [3.05, 3.63) is 70.9 Å². The van der Waals surface area contributed by atoms with Crippen molar-refractivity contribution < 1.29 is 19.1 Å². The fourth-order valence-corrected chi connectivity index (χ4v) is 3.51. The van der Waals surface area contributed by atoms with Gasteiger partial charge in [0.25, 0.3) is 11.8 Å². The summed E-state index contributed by atoms with van der Waals surface area (Å²) in [6.07, 6.45) is -1.21. The largest absolute Gasteiger partial charge is 0.482 e. The first-order chi connectivity index (χ1) is 13.6. The van der Waals surface area contributed by atoms with Crippen molar-refractivity contribution in [3.63, 3.8) is 0 Å². The van der Waals surface area contributed by atoms with Gasteiger partial charge in [-0.25, -0.2) is 0 Å². The Morgan fingerprint density at radius 1 is 0.893 bits per heavy atom. The SMILES string of the molecule is CC1Oc2ccccc2OC1C(=O)Nc1cccc(NC(=O)c2cccs2)c1. The Labute approximate surface area is 166 Å². The van der Waals surface area contributed by atoms with Crippen molar-refractivity contribution >= 4 is 34.5 Å². The van der Waals surface area contributed by atoms with Gasteiger partial charge in [0.2, 0.25) is 6.10 Å². The minimum Gasteiger partial charge on any atom is -0.482 e. The molecule has 3 aromatic rings. The fourth-order valence-electron chi connectivity index (χ4n) is 2.89. The number of nitrogens with one attached hydrogen (secondary N) is 2. The smallest absolute Gasteiger partial charge is 0.269 e. The molecule has 0 saturated heterocycles. The molecule has 2 unspecified atom stereocenters. The van der Waals surface area contributed by atoms with Gasteiger partial charge in [-0.1, -0.05) is 24.3 Å². The Hall–Kier alpha value is -3.32. The van der Waals surface area contributed by atoms with Crippen molar-refractivity contribution in [2.75, 3.05) is 10.6 Å². The Morgan fingerprint density at radius 2 is 1.61 bits per heavy atom. The summed E-state index contributed by atoms with van der Waals surface area (Å²) in [7, 11) is 0. The van der Waals surface area contributed by atoms with Gasteiger partial charge in [0, 0.05) is 11.4 Å². The van der Waals surface area contributed by atoms with Gasteiger partial charge in [0.05, 0.1) is 4.88 Å². The van der Waals surface area contributed by atoms with Gasteiger partial charge >= 0.3 is 0 Å².